The van der Waals surface area contributed by atoms with Crippen molar-refractivity contribution in [3.63, 3.8) is 0 Å². The molecular formula is C20H24N2O6S. The van der Waals surface area contributed by atoms with Crippen LogP contribution in [0.25, 0.3) is 0 Å². The van der Waals surface area contributed by atoms with Gasteiger partial charge in [-0.25, -0.2) is 13.9 Å². The Morgan fingerprint density at radius 3 is 2.48 bits per heavy atom. The maximum absolute atomic E-state index is 13.1. The van der Waals surface area contributed by atoms with E-state index < -0.39 is 27.6 Å². The van der Waals surface area contributed by atoms with Crippen LogP contribution in [-0.4, -0.2) is 47.1 Å². The van der Waals surface area contributed by atoms with Gasteiger partial charge in [0.1, 0.15) is 18.4 Å². The number of hydrogen-bond donors (Lipinski definition) is 3. The van der Waals surface area contributed by atoms with Crippen molar-refractivity contribution in [1.29, 1.82) is 0 Å². The van der Waals surface area contributed by atoms with Crippen LogP contribution in [0.5, 0.6) is 5.75 Å². The standard InChI is InChI=1S/C20H24N2O6S/c1-20(24)12-5-13-22(18(20)19(23)21-25)29(26,27)17-10-8-16(9-11-17)28-14-15-6-3-2-4-7-15/h2-4,6-11,18,24-25H,5,12-14H2,1H3,(H,21,23). The molecule has 9 heteroatoms. The first-order chi connectivity index (χ1) is 13.8. The Morgan fingerprint density at radius 2 is 1.86 bits per heavy atom. The van der Waals surface area contributed by atoms with Crippen molar-refractivity contribution in [3.05, 3.63) is 60.2 Å². The summed E-state index contributed by atoms with van der Waals surface area (Å²) >= 11 is 0. The quantitative estimate of drug-likeness (QED) is 0.484. The number of hydrogen-bond acceptors (Lipinski definition) is 6. The second kappa shape index (κ2) is 8.50. The highest BCUT2D eigenvalue weighted by molar-refractivity contribution is 7.89. The third-order valence-electron chi connectivity index (χ3n) is 4.98. The Labute approximate surface area is 169 Å². The van der Waals surface area contributed by atoms with Crippen LogP contribution in [0.15, 0.2) is 59.5 Å². The third-order valence-corrected chi connectivity index (χ3v) is 6.85. The molecule has 8 nitrogen and oxygen atoms in total. The number of piperidine rings is 1. The van der Waals surface area contributed by atoms with Gasteiger partial charge >= 0.3 is 0 Å². The van der Waals surface area contributed by atoms with Gasteiger partial charge in [0.2, 0.25) is 10.0 Å². The SMILES string of the molecule is CC1(O)CCCN(S(=O)(=O)c2ccc(OCc3ccccc3)cc2)C1C(=O)NO. The lowest BCUT2D eigenvalue weighted by Gasteiger charge is -2.42. The van der Waals surface area contributed by atoms with Gasteiger partial charge in [-0.05, 0) is 49.6 Å². The first-order valence-electron chi connectivity index (χ1n) is 9.21. The zero-order valence-electron chi connectivity index (χ0n) is 16.0. The predicted molar refractivity (Wildman–Crippen MR) is 105 cm³/mol. The Morgan fingerprint density at radius 1 is 1.21 bits per heavy atom. The van der Waals surface area contributed by atoms with Crippen LogP contribution in [0.1, 0.15) is 25.3 Å². The number of nitrogens with zero attached hydrogens (tertiary/aromatic N) is 1. The van der Waals surface area contributed by atoms with Crippen LogP contribution in [-0.2, 0) is 21.4 Å². The molecule has 0 aliphatic carbocycles. The largest absolute Gasteiger partial charge is 0.489 e. The van der Waals surface area contributed by atoms with E-state index in [9.17, 15) is 18.3 Å². The van der Waals surface area contributed by atoms with Crippen molar-refractivity contribution >= 4 is 15.9 Å². The van der Waals surface area contributed by atoms with E-state index in [1.165, 1.54) is 24.5 Å². The molecular weight excluding hydrogens is 396 g/mol. The van der Waals surface area contributed by atoms with Crippen LogP contribution >= 0.6 is 0 Å². The number of nitrogens with one attached hydrogen (secondary N) is 1. The summed E-state index contributed by atoms with van der Waals surface area (Å²) in [7, 11) is -4.08. The number of carbonyl (C=O) groups excluding carboxylic acids is 1. The maximum Gasteiger partial charge on any atom is 0.264 e. The summed E-state index contributed by atoms with van der Waals surface area (Å²) in [6, 6.07) is 14.0. The Bertz CT molecular complexity index is 945. The van der Waals surface area contributed by atoms with Crippen molar-refractivity contribution in [2.75, 3.05) is 6.54 Å². The van der Waals surface area contributed by atoms with E-state index in [0.29, 0.717) is 18.8 Å². The van der Waals surface area contributed by atoms with Crippen LogP contribution in [0, 0.1) is 0 Å². The molecule has 3 N–H and O–H groups in total. The summed E-state index contributed by atoms with van der Waals surface area (Å²) in [5.74, 6) is -0.468. The highest BCUT2D eigenvalue weighted by Gasteiger charge is 2.49. The van der Waals surface area contributed by atoms with Crippen LogP contribution in [0.4, 0.5) is 0 Å². The van der Waals surface area contributed by atoms with Crippen LogP contribution in [0.2, 0.25) is 0 Å². The van der Waals surface area contributed by atoms with E-state index in [2.05, 4.69) is 0 Å². The molecule has 156 valence electrons. The fourth-order valence-corrected chi connectivity index (χ4v) is 5.21. The number of amides is 1. The second-order valence-corrected chi connectivity index (χ2v) is 9.09. The second-order valence-electron chi connectivity index (χ2n) is 7.20. The molecule has 2 aromatic rings. The van der Waals surface area contributed by atoms with E-state index in [1.54, 1.807) is 12.1 Å². The maximum atomic E-state index is 13.1. The molecule has 2 aromatic carbocycles. The highest BCUT2D eigenvalue weighted by Crippen LogP contribution is 2.32. The molecule has 29 heavy (non-hydrogen) atoms. The summed E-state index contributed by atoms with van der Waals surface area (Å²) in [4.78, 5) is 12.1. The normalized spacial score (nSPS) is 22.8. The molecule has 0 spiro atoms. The molecule has 1 amide bonds. The van der Waals surface area contributed by atoms with Crippen molar-refractivity contribution in [1.82, 2.24) is 9.79 Å². The van der Waals surface area contributed by atoms with Gasteiger partial charge in [0.05, 0.1) is 10.5 Å². The van der Waals surface area contributed by atoms with Gasteiger partial charge in [-0.2, -0.15) is 4.31 Å². The summed E-state index contributed by atoms with van der Waals surface area (Å²) in [6.07, 6.45) is 0.628. The monoisotopic (exact) mass is 420 g/mol. The Kier molecular flexibility index (Phi) is 6.23. The lowest BCUT2D eigenvalue weighted by molar-refractivity contribution is -0.144. The molecule has 1 heterocycles. The summed E-state index contributed by atoms with van der Waals surface area (Å²) < 4.78 is 32.8. The van der Waals surface area contributed by atoms with E-state index in [0.717, 1.165) is 9.87 Å². The number of hydroxylamine groups is 1. The number of rotatable bonds is 6. The molecule has 2 atom stereocenters. The number of carbonyl (C=O) groups is 1. The van der Waals surface area contributed by atoms with Gasteiger partial charge < -0.3 is 9.84 Å². The van der Waals surface area contributed by atoms with E-state index in [4.69, 9.17) is 9.94 Å². The Balaban J connectivity index is 1.80. The van der Waals surface area contributed by atoms with Gasteiger partial charge in [-0.1, -0.05) is 30.3 Å². The fraction of sp³-hybridized carbons (Fsp3) is 0.350. The van der Waals surface area contributed by atoms with E-state index in [-0.39, 0.29) is 17.9 Å². The molecule has 0 saturated carbocycles. The minimum Gasteiger partial charge on any atom is -0.489 e. The van der Waals surface area contributed by atoms with Crippen molar-refractivity contribution in [3.8, 4) is 5.75 Å². The molecule has 1 aliphatic heterocycles. The summed E-state index contributed by atoms with van der Waals surface area (Å²) in [5, 5.41) is 19.6. The van der Waals surface area contributed by atoms with Gasteiger partial charge in [0.15, 0.2) is 0 Å². The van der Waals surface area contributed by atoms with E-state index >= 15 is 0 Å². The lowest BCUT2D eigenvalue weighted by atomic mass is 9.87. The van der Waals surface area contributed by atoms with E-state index in [1.807, 2.05) is 30.3 Å². The number of sulfonamides is 1. The van der Waals surface area contributed by atoms with Crippen LogP contribution < -0.4 is 10.2 Å². The Hall–Kier alpha value is -2.46. The summed E-state index contributed by atoms with van der Waals surface area (Å²) in [5.41, 5.74) is 0.844. The zero-order valence-corrected chi connectivity index (χ0v) is 16.8. The van der Waals surface area contributed by atoms with Gasteiger partial charge in [0.25, 0.3) is 5.91 Å². The van der Waals surface area contributed by atoms with Gasteiger partial charge in [-0.3, -0.25) is 10.0 Å². The molecule has 0 aromatic heterocycles. The first-order valence-corrected chi connectivity index (χ1v) is 10.6. The number of ether oxygens (including phenoxy) is 1. The molecule has 1 fully saturated rings. The molecule has 3 rings (SSSR count). The summed E-state index contributed by atoms with van der Waals surface area (Å²) in [6.45, 7) is 1.79. The minimum absolute atomic E-state index is 0.0296. The smallest absolute Gasteiger partial charge is 0.264 e. The highest BCUT2D eigenvalue weighted by atomic mass is 32.2. The number of benzene rings is 2. The van der Waals surface area contributed by atoms with Gasteiger partial charge in [-0.15, -0.1) is 0 Å². The van der Waals surface area contributed by atoms with Crippen LogP contribution in [0.3, 0.4) is 0 Å². The zero-order chi connectivity index (χ0) is 21.1. The molecule has 1 saturated heterocycles. The topological polar surface area (TPSA) is 116 Å². The predicted octanol–water partition coefficient (Wildman–Crippen LogP) is 1.68. The third kappa shape index (κ3) is 4.59. The lowest BCUT2D eigenvalue weighted by Crippen LogP contribution is -2.62. The first kappa shape index (κ1) is 21.3. The minimum atomic E-state index is -4.08. The van der Waals surface area contributed by atoms with Crippen molar-refractivity contribution < 1.29 is 28.3 Å². The van der Waals surface area contributed by atoms with Crippen molar-refractivity contribution in [2.45, 2.75) is 42.9 Å². The fourth-order valence-electron chi connectivity index (χ4n) is 3.49. The molecule has 0 radical (unpaired) electrons. The molecule has 1 aliphatic rings. The van der Waals surface area contributed by atoms with Crippen molar-refractivity contribution in [2.24, 2.45) is 0 Å². The number of aliphatic hydroxyl groups is 1. The molecule has 2 unspecified atom stereocenters. The average Bonchev–Trinajstić information content (AvgIpc) is 2.72. The van der Waals surface area contributed by atoms with Gasteiger partial charge in [0, 0.05) is 6.54 Å². The average molecular weight is 420 g/mol. The molecule has 0 bridgehead atoms.